The maximum atomic E-state index is 13.2. The Bertz CT molecular complexity index is 1520. The lowest BCUT2D eigenvalue weighted by atomic mass is 10.1. The van der Waals surface area contributed by atoms with Gasteiger partial charge in [0.2, 0.25) is 20.8 Å². The molecule has 0 aliphatic heterocycles. The Kier molecular flexibility index (Phi) is 6.83. The minimum atomic E-state index is -3.78. The van der Waals surface area contributed by atoms with Crippen molar-refractivity contribution in [2.45, 2.75) is 18.5 Å². The quantitative estimate of drug-likeness (QED) is 0.240. The molecule has 1 N–H and O–H groups in total. The second-order valence-electron chi connectivity index (χ2n) is 7.26. The third-order valence-corrected chi connectivity index (χ3v) is 7.34. The predicted molar refractivity (Wildman–Crippen MR) is 131 cm³/mol. The van der Waals surface area contributed by atoms with Gasteiger partial charge in [-0.25, -0.2) is 18.4 Å². The van der Waals surface area contributed by atoms with Crippen LogP contribution in [0, 0.1) is 0 Å². The zero-order chi connectivity index (χ0) is 24.5. The highest BCUT2D eigenvalue weighted by Crippen LogP contribution is 2.33. The highest BCUT2D eigenvalue weighted by molar-refractivity contribution is 9.10. The molecule has 2 aromatic carbocycles. The van der Waals surface area contributed by atoms with E-state index in [9.17, 15) is 18.0 Å². The van der Waals surface area contributed by atoms with Gasteiger partial charge in [-0.1, -0.05) is 46.6 Å². The Morgan fingerprint density at radius 3 is 2.53 bits per heavy atom. The minimum absolute atomic E-state index is 0.0825. The number of hydrogen-bond acceptors (Lipinski definition) is 7. The summed E-state index contributed by atoms with van der Waals surface area (Å²) in [6.45, 7) is 1.70. The van der Waals surface area contributed by atoms with Gasteiger partial charge in [0.25, 0.3) is 5.91 Å². The molecule has 34 heavy (non-hydrogen) atoms. The largest absolute Gasteiger partial charge is 0.450 e. The number of anilines is 1. The van der Waals surface area contributed by atoms with Crippen molar-refractivity contribution in [1.29, 1.82) is 0 Å². The van der Waals surface area contributed by atoms with Crippen LogP contribution in [-0.2, 0) is 9.84 Å². The maximum Gasteiger partial charge on any atom is 0.276 e. The molecular weight excluding hydrogens is 546 g/mol. The molecule has 1 amide bonds. The number of hydrogen-bond donors (Lipinski definition) is 1. The molecule has 0 atom stereocenters. The van der Waals surface area contributed by atoms with Gasteiger partial charge in [-0.05, 0) is 42.8 Å². The molecule has 0 aliphatic carbocycles. The van der Waals surface area contributed by atoms with E-state index >= 15 is 0 Å². The molecule has 0 saturated heterocycles. The van der Waals surface area contributed by atoms with Crippen LogP contribution in [0.5, 0.6) is 0 Å². The second kappa shape index (κ2) is 9.65. The first-order valence-corrected chi connectivity index (χ1v) is 12.9. The number of ketones is 1. The first kappa shape index (κ1) is 24.1. The average Bonchev–Trinajstić information content (AvgIpc) is 3.17. The molecule has 0 radical (unpaired) electrons. The number of carbonyl (C=O) groups is 2. The number of halogens is 2. The molecule has 0 spiro atoms. The lowest BCUT2D eigenvalue weighted by Crippen LogP contribution is -2.19. The van der Waals surface area contributed by atoms with Gasteiger partial charge in [-0.2, -0.15) is 0 Å². The van der Waals surface area contributed by atoms with Gasteiger partial charge < -0.3 is 9.73 Å². The van der Waals surface area contributed by atoms with E-state index in [2.05, 4.69) is 31.2 Å². The summed E-state index contributed by atoms with van der Waals surface area (Å²) in [5, 5.41) is 2.49. The molecule has 2 heterocycles. The Hall–Kier alpha value is -3.08. The van der Waals surface area contributed by atoms with Crippen molar-refractivity contribution in [2.75, 3.05) is 11.1 Å². The Morgan fingerprint density at radius 1 is 1.12 bits per heavy atom. The molecule has 4 aromatic rings. The lowest BCUT2D eigenvalue weighted by molar-refractivity contribution is 0.101. The average molecular weight is 563 g/mol. The number of fused-ring (bicyclic) bond motifs is 1. The van der Waals surface area contributed by atoms with E-state index in [-0.39, 0.29) is 27.9 Å². The van der Waals surface area contributed by atoms with Crippen molar-refractivity contribution in [3.63, 3.8) is 0 Å². The van der Waals surface area contributed by atoms with Gasteiger partial charge in [0.15, 0.2) is 11.5 Å². The fourth-order valence-electron chi connectivity index (χ4n) is 3.25. The van der Waals surface area contributed by atoms with Crippen molar-refractivity contribution in [3.05, 3.63) is 81.2 Å². The molecule has 8 nitrogen and oxygen atoms in total. The van der Waals surface area contributed by atoms with E-state index < -0.39 is 26.7 Å². The van der Waals surface area contributed by atoms with Crippen molar-refractivity contribution in [1.82, 2.24) is 9.97 Å². The van der Waals surface area contributed by atoms with Crippen molar-refractivity contribution >= 4 is 65.7 Å². The molecule has 174 valence electrons. The van der Waals surface area contributed by atoms with Crippen LogP contribution in [0.4, 0.5) is 5.69 Å². The number of furan rings is 1. The number of carbonyl (C=O) groups excluding carboxylic acids is 2. The Morgan fingerprint density at radius 2 is 1.82 bits per heavy atom. The fraction of sp³-hybridized carbons (Fsp3) is 0.130. The summed E-state index contributed by atoms with van der Waals surface area (Å²) in [7, 11) is -3.78. The van der Waals surface area contributed by atoms with Crippen LogP contribution in [-0.4, -0.2) is 35.8 Å². The topological polar surface area (TPSA) is 119 Å². The fourth-order valence-corrected chi connectivity index (χ4v) is 4.86. The van der Waals surface area contributed by atoms with Gasteiger partial charge in [0.05, 0.1) is 22.7 Å². The molecule has 4 rings (SSSR count). The second-order valence-corrected chi connectivity index (χ2v) is 10.6. The highest BCUT2D eigenvalue weighted by Gasteiger charge is 2.26. The predicted octanol–water partition coefficient (Wildman–Crippen LogP) is 5.31. The number of benzene rings is 2. The van der Waals surface area contributed by atoms with Crippen LogP contribution < -0.4 is 5.32 Å². The zero-order valence-corrected chi connectivity index (χ0v) is 20.9. The molecule has 0 saturated carbocycles. The molecule has 0 unspecified atom stereocenters. The first-order chi connectivity index (χ1) is 16.2. The smallest absolute Gasteiger partial charge is 0.276 e. The number of para-hydroxylation sites is 1. The van der Waals surface area contributed by atoms with Crippen LogP contribution >= 0.6 is 27.5 Å². The van der Waals surface area contributed by atoms with Crippen LogP contribution in [0.15, 0.2) is 68.8 Å². The van der Waals surface area contributed by atoms with E-state index in [1.165, 1.54) is 0 Å². The molecule has 0 bridgehead atoms. The lowest BCUT2D eigenvalue weighted by Gasteiger charge is -2.08. The third kappa shape index (κ3) is 4.75. The summed E-state index contributed by atoms with van der Waals surface area (Å²) >= 11 is 9.44. The zero-order valence-electron chi connectivity index (χ0n) is 17.7. The van der Waals surface area contributed by atoms with E-state index in [1.54, 1.807) is 55.5 Å². The monoisotopic (exact) mass is 561 g/mol. The summed E-state index contributed by atoms with van der Waals surface area (Å²) in [5.41, 5.74) is 0.531. The van der Waals surface area contributed by atoms with Crippen LogP contribution in [0.25, 0.3) is 11.0 Å². The Labute approximate surface area is 208 Å². The molecule has 0 aliphatic rings. The summed E-state index contributed by atoms with van der Waals surface area (Å²) < 4.78 is 31.3. The number of amides is 1. The van der Waals surface area contributed by atoms with Crippen molar-refractivity contribution in [2.24, 2.45) is 0 Å². The number of aromatic nitrogens is 2. The third-order valence-electron chi connectivity index (χ3n) is 4.83. The normalized spacial score (nSPS) is 11.5. The van der Waals surface area contributed by atoms with Gasteiger partial charge in [0, 0.05) is 15.4 Å². The summed E-state index contributed by atoms with van der Waals surface area (Å²) in [4.78, 5) is 34.0. The first-order valence-electron chi connectivity index (χ1n) is 10.1. The summed E-state index contributed by atoms with van der Waals surface area (Å²) in [6, 6.07) is 13.5. The number of nitrogens with one attached hydrogen (secondary N) is 1. The van der Waals surface area contributed by atoms with E-state index in [0.717, 1.165) is 10.7 Å². The number of sulfone groups is 1. The van der Waals surface area contributed by atoms with Crippen LogP contribution in [0.1, 0.15) is 40.0 Å². The molecular formula is C23H17BrClN3O5S. The van der Waals surface area contributed by atoms with Gasteiger partial charge in [0.1, 0.15) is 5.58 Å². The standard InChI is InChI=1S/C23H17BrClN3O5S/c1-2-11-34(31,32)23-26-12-16(25)19(28-23)22(30)27-18-15-5-3-4-6-17(15)33-21(18)20(29)13-7-9-14(24)10-8-13/h3-10,12H,2,11H2,1H3,(H,27,30). The molecule has 2 aromatic heterocycles. The minimum Gasteiger partial charge on any atom is -0.450 e. The van der Waals surface area contributed by atoms with E-state index in [4.69, 9.17) is 16.0 Å². The van der Waals surface area contributed by atoms with Gasteiger partial charge >= 0.3 is 0 Å². The number of rotatable bonds is 7. The molecule has 0 fully saturated rings. The SMILES string of the molecule is CCCS(=O)(=O)c1ncc(Cl)c(C(=O)Nc2c(C(=O)c3ccc(Br)cc3)oc3ccccc23)n1. The summed E-state index contributed by atoms with van der Waals surface area (Å²) in [5.74, 6) is -1.51. The van der Waals surface area contributed by atoms with Crippen LogP contribution in [0.2, 0.25) is 5.02 Å². The van der Waals surface area contributed by atoms with Crippen molar-refractivity contribution in [3.8, 4) is 0 Å². The maximum absolute atomic E-state index is 13.2. The number of nitrogens with zero attached hydrogens (tertiary/aromatic N) is 2. The summed E-state index contributed by atoms with van der Waals surface area (Å²) in [6.07, 6.45) is 1.42. The van der Waals surface area contributed by atoms with E-state index in [1.807, 2.05) is 0 Å². The van der Waals surface area contributed by atoms with Crippen molar-refractivity contribution < 1.29 is 22.4 Å². The van der Waals surface area contributed by atoms with Crippen LogP contribution in [0.3, 0.4) is 0 Å². The van der Waals surface area contributed by atoms with Gasteiger partial charge in [-0.15, -0.1) is 0 Å². The Balaban J connectivity index is 1.77. The molecule has 11 heteroatoms. The van der Waals surface area contributed by atoms with Gasteiger partial charge in [-0.3, -0.25) is 9.59 Å². The van der Waals surface area contributed by atoms with E-state index in [0.29, 0.717) is 23.0 Å². The highest BCUT2D eigenvalue weighted by atomic mass is 79.9.